The van der Waals surface area contributed by atoms with Gasteiger partial charge in [-0.2, -0.15) is 0 Å². The predicted octanol–water partition coefficient (Wildman–Crippen LogP) is 3.72. The Balaban J connectivity index is 1.50. The first-order valence-corrected chi connectivity index (χ1v) is 10.5. The second-order valence-electron chi connectivity index (χ2n) is 6.88. The summed E-state index contributed by atoms with van der Waals surface area (Å²) >= 11 is 1.38. The van der Waals surface area contributed by atoms with E-state index in [1.165, 1.54) is 17.3 Å². The Morgan fingerprint density at radius 2 is 1.97 bits per heavy atom. The molecule has 0 aliphatic rings. The Morgan fingerprint density at radius 3 is 2.72 bits per heavy atom. The van der Waals surface area contributed by atoms with E-state index >= 15 is 0 Å². The van der Waals surface area contributed by atoms with Crippen molar-refractivity contribution in [1.29, 1.82) is 0 Å². The zero-order valence-electron chi connectivity index (χ0n) is 17.0. The van der Waals surface area contributed by atoms with Crippen molar-refractivity contribution in [3.8, 4) is 17.1 Å². The molecule has 0 fully saturated rings. The standard InChI is InChI=1S/C22H26N4O2S/c1-16(12-13-17-8-5-4-6-9-17)23-20(27)15-29-22-25-24-21(26(22)2)18-10-7-11-19(14-18)28-3/h4-11,14,16H,12-13,15H2,1-3H3,(H,23,27)/t16-/m1/s1. The van der Waals surface area contributed by atoms with Crippen LogP contribution in [0.3, 0.4) is 0 Å². The van der Waals surface area contributed by atoms with Crippen LogP contribution >= 0.6 is 11.8 Å². The van der Waals surface area contributed by atoms with Crippen molar-refractivity contribution in [2.75, 3.05) is 12.9 Å². The number of nitrogens with zero attached hydrogens (tertiary/aromatic N) is 3. The Labute approximate surface area is 175 Å². The molecule has 1 amide bonds. The molecule has 29 heavy (non-hydrogen) atoms. The van der Waals surface area contributed by atoms with Gasteiger partial charge in [0.2, 0.25) is 5.91 Å². The van der Waals surface area contributed by atoms with Gasteiger partial charge in [0.1, 0.15) is 5.75 Å². The molecule has 1 heterocycles. The molecule has 0 aliphatic carbocycles. The number of thioether (sulfide) groups is 1. The maximum atomic E-state index is 12.3. The largest absolute Gasteiger partial charge is 0.497 e. The van der Waals surface area contributed by atoms with Crippen molar-refractivity contribution < 1.29 is 9.53 Å². The quantitative estimate of drug-likeness (QED) is 0.545. The lowest BCUT2D eigenvalue weighted by atomic mass is 10.1. The van der Waals surface area contributed by atoms with Crippen LogP contribution in [-0.4, -0.2) is 39.6 Å². The highest BCUT2D eigenvalue weighted by Gasteiger charge is 2.14. The minimum Gasteiger partial charge on any atom is -0.497 e. The van der Waals surface area contributed by atoms with Crippen LogP contribution in [0, 0.1) is 0 Å². The molecule has 0 radical (unpaired) electrons. The van der Waals surface area contributed by atoms with Gasteiger partial charge in [0.15, 0.2) is 11.0 Å². The number of carbonyl (C=O) groups is 1. The monoisotopic (exact) mass is 410 g/mol. The first-order chi connectivity index (χ1) is 14.1. The fraction of sp³-hybridized carbons (Fsp3) is 0.318. The summed E-state index contributed by atoms with van der Waals surface area (Å²) in [7, 11) is 3.54. The number of ether oxygens (including phenoxy) is 1. The van der Waals surface area contributed by atoms with Crippen molar-refractivity contribution in [3.63, 3.8) is 0 Å². The molecule has 1 atom stereocenters. The van der Waals surface area contributed by atoms with Crippen LogP contribution in [0.1, 0.15) is 18.9 Å². The van der Waals surface area contributed by atoms with E-state index < -0.39 is 0 Å². The van der Waals surface area contributed by atoms with Crippen LogP contribution < -0.4 is 10.1 Å². The number of aryl methyl sites for hydroxylation is 1. The van der Waals surface area contributed by atoms with E-state index in [0.717, 1.165) is 30.0 Å². The predicted molar refractivity (Wildman–Crippen MR) is 116 cm³/mol. The molecule has 0 aliphatic heterocycles. The van der Waals surface area contributed by atoms with Crippen molar-refractivity contribution >= 4 is 17.7 Å². The third-order valence-corrected chi connectivity index (χ3v) is 5.63. The number of hydrogen-bond acceptors (Lipinski definition) is 5. The second kappa shape index (κ2) is 10.1. The van der Waals surface area contributed by atoms with E-state index in [4.69, 9.17) is 4.74 Å². The molecule has 1 N–H and O–H groups in total. The Hall–Kier alpha value is -2.80. The maximum Gasteiger partial charge on any atom is 0.230 e. The molecule has 2 aromatic carbocycles. The van der Waals surface area contributed by atoms with Crippen LogP contribution in [-0.2, 0) is 18.3 Å². The summed E-state index contributed by atoms with van der Waals surface area (Å²) in [5.74, 6) is 1.81. The first-order valence-electron chi connectivity index (χ1n) is 9.56. The molecule has 6 nitrogen and oxygen atoms in total. The van der Waals surface area contributed by atoms with Crippen molar-refractivity contribution in [2.45, 2.75) is 31.0 Å². The normalized spacial score (nSPS) is 11.8. The molecule has 1 aromatic heterocycles. The number of carbonyl (C=O) groups excluding carboxylic acids is 1. The number of rotatable bonds is 9. The fourth-order valence-corrected chi connectivity index (χ4v) is 3.72. The molecule has 0 bridgehead atoms. The number of amides is 1. The van der Waals surface area contributed by atoms with Gasteiger partial charge in [0.05, 0.1) is 12.9 Å². The molecule has 7 heteroatoms. The SMILES string of the molecule is COc1cccc(-c2nnc(SCC(=O)N[C@H](C)CCc3ccccc3)n2C)c1. The number of hydrogen-bond donors (Lipinski definition) is 1. The molecule has 0 saturated heterocycles. The van der Waals surface area contributed by atoms with Crippen molar-refractivity contribution in [3.05, 3.63) is 60.2 Å². The van der Waals surface area contributed by atoms with Gasteiger partial charge in [-0.1, -0.05) is 54.2 Å². The number of benzene rings is 2. The second-order valence-corrected chi connectivity index (χ2v) is 7.82. The van der Waals surface area contributed by atoms with E-state index in [0.29, 0.717) is 10.9 Å². The molecule has 0 spiro atoms. The highest BCUT2D eigenvalue weighted by molar-refractivity contribution is 7.99. The van der Waals surface area contributed by atoms with Crippen LogP contribution in [0.5, 0.6) is 5.75 Å². The van der Waals surface area contributed by atoms with E-state index in [2.05, 4.69) is 27.6 Å². The van der Waals surface area contributed by atoms with Crippen molar-refractivity contribution in [2.24, 2.45) is 7.05 Å². The Morgan fingerprint density at radius 1 is 1.17 bits per heavy atom. The average Bonchev–Trinajstić information content (AvgIpc) is 3.12. The lowest BCUT2D eigenvalue weighted by Crippen LogP contribution is -2.34. The number of methoxy groups -OCH3 is 1. The minimum absolute atomic E-state index is 0.00138. The minimum atomic E-state index is 0.00138. The summed E-state index contributed by atoms with van der Waals surface area (Å²) in [6.45, 7) is 2.04. The molecular weight excluding hydrogens is 384 g/mol. The molecule has 0 saturated carbocycles. The summed E-state index contributed by atoms with van der Waals surface area (Å²) in [5, 5.41) is 12.3. The molecule has 152 valence electrons. The van der Waals surface area contributed by atoms with Crippen molar-refractivity contribution in [1.82, 2.24) is 20.1 Å². The average molecular weight is 411 g/mol. The van der Waals surface area contributed by atoms with Gasteiger partial charge in [-0.25, -0.2) is 0 Å². The molecular formula is C22H26N4O2S. The van der Waals surface area contributed by atoms with Gasteiger partial charge in [-0.15, -0.1) is 10.2 Å². The van der Waals surface area contributed by atoms with Gasteiger partial charge in [0.25, 0.3) is 0 Å². The van der Waals surface area contributed by atoms with Gasteiger partial charge < -0.3 is 14.6 Å². The summed E-state index contributed by atoms with van der Waals surface area (Å²) in [6.07, 6.45) is 1.85. The van der Waals surface area contributed by atoms with E-state index in [-0.39, 0.29) is 11.9 Å². The highest BCUT2D eigenvalue weighted by Crippen LogP contribution is 2.25. The Bertz CT molecular complexity index is 943. The Kier molecular flexibility index (Phi) is 7.30. The molecule has 3 rings (SSSR count). The topological polar surface area (TPSA) is 69.0 Å². The van der Waals surface area contributed by atoms with Crippen LogP contribution in [0.2, 0.25) is 0 Å². The number of aromatic nitrogens is 3. The van der Waals surface area contributed by atoms with Gasteiger partial charge in [-0.3, -0.25) is 4.79 Å². The smallest absolute Gasteiger partial charge is 0.230 e. The highest BCUT2D eigenvalue weighted by atomic mass is 32.2. The zero-order chi connectivity index (χ0) is 20.6. The summed E-state index contributed by atoms with van der Waals surface area (Å²) < 4.78 is 7.17. The van der Waals surface area contributed by atoms with E-state index in [9.17, 15) is 4.79 Å². The lowest BCUT2D eigenvalue weighted by molar-refractivity contribution is -0.119. The molecule has 3 aromatic rings. The van der Waals surface area contributed by atoms with Crippen LogP contribution in [0.25, 0.3) is 11.4 Å². The number of nitrogens with one attached hydrogen (secondary N) is 1. The zero-order valence-corrected chi connectivity index (χ0v) is 17.8. The fourth-order valence-electron chi connectivity index (χ4n) is 3.00. The lowest BCUT2D eigenvalue weighted by Gasteiger charge is -2.13. The third kappa shape index (κ3) is 5.84. The van der Waals surface area contributed by atoms with Crippen LogP contribution in [0.15, 0.2) is 59.8 Å². The van der Waals surface area contributed by atoms with E-state index in [1.54, 1.807) is 7.11 Å². The van der Waals surface area contributed by atoms with Gasteiger partial charge >= 0.3 is 0 Å². The third-order valence-electron chi connectivity index (χ3n) is 4.61. The van der Waals surface area contributed by atoms with Crippen LogP contribution in [0.4, 0.5) is 0 Å². The summed E-state index contributed by atoms with van der Waals surface area (Å²) in [6, 6.07) is 18.1. The van der Waals surface area contributed by atoms with Gasteiger partial charge in [0, 0.05) is 18.7 Å². The first kappa shape index (κ1) is 20.9. The maximum absolute atomic E-state index is 12.3. The molecule has 0 unspecified atom stereocenters. The van der Waals surface area contributed by atoms with Gasteiger partial charge in [-0.05, 0) is 37.5 Å². The summed E-state index contributed by atoms with van der Waals surface area (Å²) in [4.78, 5) is 12.3. The van der Waals surface area contributed by atoms with E-state index in [1.807, 2.05) is 61.0 Å². The summed E-state index contributed by atoms with van der Waals surface area (Å²) in [5.41, 5.74) is 2.21.